The van der Waals surface area contributed by atoms with Gasteiger partial charge >= 0.3 is 5.97 Å². The van der Waals surface area contributed by atoms with E-state index in [1.165, 1.54) is 18.7 Å². The number of amides is 2. The molecule has 0 spiro atoms. The number of benzene rings is 1. The molecule has 0 aliphatic heterocycles. The van der Waals surface area contributed by atoms with Gasteiger partial charge in [-0.2, -0.15) is 0 Å². The third-order valence-corrected chi connectivity index (χ3v) is 6.92. The van der Waals surface area contributed by atoms with E-state index < -0.39 is 18.8 Å². The number of anilines is 2. The topological polar surface area (TPSA) is 148 Å². The summed E-state index contributed by atoms with van der Waals surface area (Å²) in [6, 6.07) is 0. The fourth-order valence-corrected chi connectivity index (χ4v) is 6.56. The van der Waals surface area contributed by atoms with E-state index in [9.17, 15) is 19.5 Å². The maximum absolute atomic E-state index is 12.8. The van der Waals surface area contributed by atoms with Gasteiger partial charge in [0.05, 0.1) is 40.9 Å². The smallest absolute Gasteiger partial charge is 0.340 e. The zero-order valence-corrected chi connectivity index (χ0v) is 22.6. The normalized spacial score (nSPS) is 11.9. The molecule has 10 nitrogen and oxygen atoms in total. The monoisotopic (exact) mass is 761 g/mol. The van der Waals surface area contributed by atoms with Crippen LogP contribution >= 0.6 is 67.8 Å². The highest BCUT2D eigenvalue weighted by Gasteiger charge is 2.27. The second-order valence-corrected chi connectivity index (χ2v) is 9.23. The van der Waals surface area contributed by atoms with Crippen LogP contribution in [0, 0.1) is 10.7 Å². The molecule has 5 N–H and O–H groups in total. The first-order valence-corrected chi connectivity index (χ1v) is 11.8. The van der Waals surface area contributed by atoms with Crippen LogP contribution in [0.25, 0.3) is 0 Å². The lowest BCUT2D eigenvalue weighted by molar-refractivity contribution is -0.115. The fraction of sp³-hybridized carbons (Fsp3) is 0.471. The number of carbonyl (C=O) groups is 3. The maximum Gasteiger partial charge on any atom is 0.340 e. The molecular weight excluding hydrogens is 739 g/mol. The summed E-state index contributed by atoms with van der Waals surface area (Å²) in [7, 11) is 0. The number of aliphatic hydroxyl groups excluding tert-OH is 3. The lowest BCUT2D eigenvalue weighted by Gasteiger charge is -2.26. The summed E-state index contributed by atoms with van der Waals surface area (Å²) in [4.78, 5) is 37.4. The number of rotatable bonds is 10. The molecule has 0 saturated carbocycles. The lowest BCUT2D eigenvalue weighted by Crippen LogP contribution is -2.42. The summed E-state index contributed by atoms with van der Waals surface area (Å²) in [5.41, 5.74) is 0.859. The van der Waals surface area contributed by atoms with Crippen LogP contribution in [0.5, 0.6) is 0 Å². The van der Waals surface area contributed by atoms with Crippen molar-refractivity contribution in [2.75, 3.05) is 43.5 Å². The number of hydrogen-bond donors (Lipinski definition) is 5. The maximum atomic E-state index is 12.8. The number of esters is 1. The molecule has 1 unspecified atom stereocenters. The molecule has 0 aromatic heterocycles. The van der Waals surface area contributed by atoms with Gasteiger partial charge in [-0.05, 0) is 67.8 Å². The van der Waals surface area contributed by atoms with Gasteiger partial charge in [0, 0.05) is 26.9 Å². The summed E-state index contributed by atoms with van der Waals surface area (Å²) in [6.45, 7) is 1.97. The molecule has 168 valence electrons. The molecule has 13 heteroatoms. The van der Waals surface area contributed by atoms with Crippen LogP contribution < -0.4 is 10.6 Å². The Morgan fingerprint density at radius 1 is 0.933 bits per heavy atom. The molecule has 0 heterocycles. The molecular formula is C17H22I3N3O7. The van der Waals surface area contributed by atoms with Crippen molar-refractivity contribution < 1.29 is 34.4 Å². The van der Waals surface area contributed by atoms with Crippen molar-refractivity contribution in [3.05, 3.63) is 16.3 Å². The Morgan fingerprint density at radius 3 is 1.73 bits per heavy atom. The molecule has 1 aromatic rings. The summed E-state index contributed by atoms with van der Waals surface area (Å²) in [6.07, 6.45) is -1.22. The van der Waals surface area contributed by atoms with Gasteiger partial charge in [-0.3, -0.25) is 14.5 Å². The van der Waals surface area contributed by atoms with Gasteiger partial charge < -0.3 is 30.7 Å². The van der Waals surface area contributed by atoms with Gasteiger partial charge in [-0.1, -0.05) is 0 Å². The molecule has 1 aromatic carbocycles. The first-order chi connectivity index (χ1) is 14.0. The number of hydrogen-bond acceptors (Lipinski definition) is 8. The van der Waals surface area contributed by atoms with E-state index in [0.717, 1.165) is 0 Å². The second-order valence-electron chi connectivity index (χ2n) is 5.99. The molecule has 0 radical (unpaired) electrons. The first kappa shape index (κ1) is 27.7. The second kappa shape index (κ2) is 13.3. The van der Waals surface area contributed by atoms with Gasteiger partial charge in [0.25, 0.3) is 0 Å². The fourth-order valence-electron chi connectivity index (χ4n) is 2.41. The van der Waals surface area contributed by atoms with Crippen LogP contribution in [0.15, 0.2) is 0 Å². The standard InChI is InChI=1S/C17H22I3N3O7/c1-8(26)21-15-12(18)11(13(19)16(14(15)20)22-9(2)27)17(29)30-7-10(28)23(3-5-24)4-6-25/h10,24-25,28H,3-7H2,1-2H3,(H,21,26)(H,22,27). The van der Waals surface area contributed by atoms with Crippen molar-refractivity contribution in [3.8, 4) is 0 Å². The van der Waals surface area contributed by atoms with Gasteiger partial charge in [0.2, 0.25) is 11.8 Å². The lowest BCUT2D eigenvalue weighted by atomic mass is 10.1. The third kappa shape index (κ3) is 7.66. The average molecular weight is 761 g/mol. The van der Waals surface area contributed by atoms with Crippen molar-refractivity contribution in [2.45, 2.75) is 20.1 Å². The van der Waals surface area contributed by atoms with Crippen molar-refractivity contribution in [2.24, 2.45) is 0 Å². The number of halogens is 3. The molecule has 0 aliphatic rings. The summed E-state index contributed by atoms with van der Waals surface area (Å²) in [5, 5.41) is 33.6. The molecule has 0 aliphatic carbocycles. The number of carbonyl (C=O) groups excluding carboxylic acids is 3. The molecule has 30 heavy (non-hydrogen) atoms. The zero-order chi connectivity index (χ0) is 23.0. The number of ether oxygens (including phenoxy) is 1. The molecule has 0 bridgehead atoms. The van der Waals surface area contributed by atoms with E-state index in [0.29, 0.717) is 22.1 Å². The van der Waals surface area contributed by atoms with Crippen LogP contribution in [0.1, 0.15) is 24.2 Å². The van der Waals surface area contributed by atoms with Gasteiger partial charge in [-0.15, -0.1) is 0 Å². The highest BCUT2D eigenvalue weighted by Crippen LogP contribution is 2.39. The Balaban J connectivity index is 3.26. The molecule has 1 rings (SSSR count). The zero-order valence-electron chi connectivity index (χ0n) is 16.2. The summed E-state index contributed by atoms with van der Waals surface area (Å²) >= 11 is 5.80. The Hall–Kier alpha value is -0.340. The minimum absolute atomic E-state index is 0.0945. The van der Waals surface area contributed by atoms with Crippen molar-refractivity contribution in [1.29, 1.82) is 0 Å². The number of aliphatic hydroxyl groups is 3. The van der Waals surface area contributed by atoms with E-state index in [4.69, 9.17) is 14.9 Å². The largest absolute Gasteiger partial charge is 0.458 e. The van der Waals surface area contributed by atoms with Crippen LogP contribution in [0.4, 0.5) is 11.4 Å². The average Bonchev–Trinajstić information content (AvgIpc) is 2.66. The minimum atomic E-state index is -1.22. The van der Waals surface area contributed by atoms with E-state index in [-0.39, 0.29) is 43.7 Å². The van der Waals surface area contributed by atoms with E-state index in [2.05, 4.69) is 10.6 Å². The first-order valence-electron chi connectivity index (χ1n) is 8.61. The van der Waals surface area contributed by atoms with E-state index in [1.807, 2.05) is 67.8 Å². The Kier molecular flexibility index (Phi) is 12.2. The number of nitrogens with zero attached hydrogens (tertiary/aromatic N) is 1. The van der Waals surface area contributed by atoms with Crippen LogP contribution in [-0.4, -0.2) is 77.1 Å². The summed E-state index contributed by atoms with van der Waals surface area (Å²) < 4.78 is 6.66. The van der Waals surface area contributed by atoms with Crippen LogP contribution in [-0.2, 0) is 14.3 Å². The Morgan fingerprint density at radius 2 is 1.37 bits per heavy atom. The number of nitrogens with one attached hydrogen (secondary N) is 2. The van der Waals surface area contributed by atoms with Crippen LogP contribution in [0.3, 0.4) is 0 Å². The minimum Gasteiger partial charge on any atom is -0.458 e. The van der Waals surface area contributed by atoms with Crippen LogP contribution in [0.2, 0.25) is 0 Å². The predicted octanol–water partition coefficient (Wildman–Crippen LogP) is 1.18. The SMILES string of the molecule is CC(=O)Nc1c(I)c(NC(C)=O)c(I)c(C(=O)OCC(O)N(CCO)CCO)c1I. The van der Waals surface area contributed by atoms with E-state index in [1.54, 1.807) is 0 Å². The van der Waals surface area contributed by atoms with Gasteiger partial charge in [0.15, 0.2) is 0 Å². The molecule has 0 fully saturated rings. The van der Waals surface area contributed by atoms with Crippen molar-refractivity contribution in [1.82, 2.24) is 4.90 Å². The molecule has 1 atom stereocenters. The Labute approximate surface area is 214 Å². The Bertz CT molecular complexity index is 758. The van der Waals surface area contributed by atoms with Crippen molar-refractivity contribution >= 4 is 96.9 Å². The third-order valence-electron chi connectivity index (χ3n) is 3.68. The highest BCUT2D eigenvalue weighted by molar-refractivity contribution is 14.1. The summed E-state index contributed by atoms with van der Waals surface area (Å²) in [5.74, 6) is -1.45. The van der Waals surface area contributed by atoms with Gasteiger partial charge in [0.1, 0.15) is 12.8 Å². The van der Waals surface area contributed by atoms with Gasteiger partial charge in [-0.25, -0.2) is 4.79 Å². The highest BCUT2D eigenvalue weighted by atomic mass is 127. The predicted molar refractivity (Wildman–Crippen MR) is 135 cm³/mol. The molecule has 2 amide bonds. The molecule has 0 saturated heterocycles. The quantitative estimate of drug-likeness (QED) is 0.136. The van der Waals surface area contributed by atoms with Crippen molar-refractivity contribution in [3.63, 3.8) is 0 Å². The van der Waals surface area contributed by atoms with E-state index >= 15 is 0 Å².